The largest absolute Gasteiger partial charge is 0.480 e. The number of aliphatic hydroxyl groups is 1. The Morgan fingerprint density at radius 2 is 2.29 bits per heavy atom. The van der Waals surface area contributed by atoms with Crippen molar-refractivity contribution in [1.82, 2.24) is 20.8 Å². The molecule has 2 amide bonds. The molecule has 0 radical (unpaired) electrons. The number of hydrogen-bond acceptors (Lipinski definition) is 6. The summed E-state index contributed by atoms with van der Waals surface area (Å²) in [4.78, 5) is 25.6. The topological polar surface area (TPSA) is 138 Å². The Hall–Kier alpha value is -2.16. The Balaban J connectivity index is 2.34. The minimum Gasteiger partial charge on any atom is -0.480 e. The van der Waals surface area contributed by atoms with E-state index in [1.807, 2.05) is 0 Å². The average molecular weight is 244 g/mol. The van der Waals surface area contributed by atoms with Crippen molar-refractivity contribution in [3.8, 4) is 0 Å². The van der Waals surface area contributed by atoms with Crippen molar-refractivity contribution in [3.05, 3.63) is 12.2 Å². The fourth-order valence-corrected chi connectivity index (χ4v) is 1.03. The van der Waals surface area contributed by atoms with Gasteiger partial charge in [0.2, 0.25) is 6.39 Å². The summed E-state index contributed by atoms with van der Waals surface area (Å²) < 4.78 is 4.44. The number of carbonyl (C=O) groups excluding carboxylic acids is 1. The molecule has 0 fully saturated rings. The van der Waals surface area contributed by atoms with Gasteiger partial charge in [0.1, 0.15) is 6.04 Å². The van der Waals surface area contributed by atoms with Gasteiger partial charge in [-0.3, -0.25) is 0 Å². The van der Waals surface area contributed by atoms with Gasteiger partial charge in [0.25, 0.3) is 0 Å². The lowest BCUT2D eigenvalue weighted by Crippen LogP contribution is -2.46. The highest BCUT2D eigenvalue weighted by molar-refractivity contribution is 5.82. The van der Waals surface area contributed by atoms with Crippen LogP contribution in [0.1, 0.15) is 12.2 Å². The summed E-state index contributed by atoms with van der Waals surface area (Å²) in [5, 5.41) is 25.3. The maximum Gasteiger partial charge on any atom is 0.326 e. The standard InChI is InChI=1S/C8H12N4O5/c13-2-1-5(7(14)15)11-8(16)9-3-6-10-4-17-12-6/h4-5,13H,1-3H2,(H,14,15)(H2,9,11,16)/t5-/m0/s1. The summed E-state index contributed by atoms with van der Waals surface area (Å²) in [6.45, 7) is -0.310. The highest BCUT2D eigenvalue weighted by Gasteiger charge is 2.18. The number of carboxylic acids is 1. The molecule has 1 aromatic rings. The second kappa shape index (κ2) is 6.43. The van der Waals surface area contributed by atoms with Crippen molar-refractivity contribution in [1.29, 1.82) is 0 Å². The maximum absolute atomic E-state index is 11.3. The van der Waals surface area contributed by atoms with Crippen LogP contribution in [0.3, 0.4) is 0 Å². The number of carbonyl (C=O) groups is 2. The van der Waals surface area contributed by atoms with Crippen molar-refractivity contribution in [2.45, 2.75) is 19.0 Å². The molecule has 94 valence electrons. The molecule has 0 aromatic carbocycles. The number of amides is 2. The first-order chi connectivity index (χ1) is 8.13. The number of rotatable bonds is 6. The van der Waals surface area contributed by atoms with Crippen LogP contribution in [0.5, 0.6) is 0 Å². The van der Waals surface area contributed by atoms with E-state index in [-0.39, 0.29) is 25.4 Å². The summed E-state index contributed by atoms with van der Waals surface area (Å²) >= 11 is 0. The first kappa shape index (κ1) is 12.9. The van der Waals surface area contributed by atoms with Crippen molar-refractivity contribution in [2.75, 3.05) is 6.61 Å². The molecule has 0 aliphatic heterocycles. The number of urea groups is 1. The molecule has 4 N–H and O–H groups in total. The van der Waals surface area contributed by atoms with E-state index in [0.29, 0.717) is 0 Å². The zero-order valence-corrected chi connectivity index (χ0v) is 8.79. The minimum atomic E-state index is -1.21. The molecular formula is C8H12N4O5. The summed E-state index contributed by atoms with van der Waals surface area (Å²) in [5.74, 6) is -0.942. The van der Waals surface area contributed by atoms with Gasteiger partial charge < -0.3 is 25.4 Å². The predicted octanol–water partition coefficient (Wildman–Crippen LogP) is -1.30. The zero-order chi connectivity index (χ0) is 12.7. The van der Waals surface area contributed by atoms with Crippen LogP contribution in [-0.2, 0) is 11.3 Å². The molecular weight excluding hydrogens is 232 g/mol. The number of aliphatic carboxylic acids is 1. The number of nitrogens with one attached hydrogen (secondary N) is 2. The monoisotopic (exact) mass is 244 g/mol. The molecule has 0 aliphatic carbocycles. The first-order valence-electron chi connectivity index (χ1n) is 4.76. The molecule has 1 aromatic heterocycles. The fourth-order valence-electron chi connectivity index (χ4n) is 1.03. The number of aromatic nitrogens is 2. The molecule has 9 heteroatoms. The van der Waals surface area contributed by atoms with E-state index in [9.17, 15) is 9.59 Å². The number of carboxylic acid groups (broad SMARTS) is 1. The Morgan fingerprint density at radius 1 is 1.53 bits per heavy atom. The molecule has 0 saturated heterocycles. The maximum atomic E-state index is 11.3. The second-order valence-corrected chi connectivity index (χ2v) is 3.08. The summed E-state index contributed by atoms with van der Waals surface area (Å²) in [6.07, 6.45) is 1.05. The lowest BCUT2D eigenvalue weighted by Gasteiger charge is -2.13. The van der Waals surface area contributed by atoms with Crippen LogP contribution in [0.25, 0.3) is 0 Å². The van der Waals surface area contributed by atoms with Crippen molar-refractivity contribution >= 4 is 12.0 Å². The molecule has 0 unspecified atom stereocenters. The van der Waals surface area contributed by atoms with Crippen molar-refractivity contribution in [3.63, 3.8) is 0 Å². The fraction of sp³-hybridized carbons (Fsp3) is 0.500. The molecule has 0 spiro atoms. The molecule has 1 heterocycles. The van der Waals surface area contributed by atoms with Crippen LogP contribution in [0.2, 0.25) is 0 Å². The first-order valence-corrected chi connectivity index (χ1v) is 4.76. The van der Waals surface area contributed by atoms with E-state index in [1.54, 1.807) is 0 Å². The van der Waals surface area contributed by atoms with Gasteiger partial charge >= 0.3 is 12.0 Å². The van der Waals surface area contributed by atoms with Crippen LogP contribution in [0, 0.1) is 0 Å². The summed E-state index contributed by atoms with van der Waals surface area (Å²) in [6, 6.07) is -1.82. The summed E-state index contributed by atoms with van der Waals surface area (Å²) in [5.41, 5.74) is 0. The summed E-state index contributed by atoms with van der Waals surface area (Å²) in [7, 11) is 0. The Morgan fingerprint density at radius 3 is 2.82 bits per heavy atom. The quantitative estimate of drug-likeness (QED) is 0.488. The van der Waals surface area contributed by atoms with Gasteiger partial charge in [0.15, 0.2) is 5.82 Å². The molecule has 9 nitrogen and oxygen atoms in total. The van der Waals surface area contributed by atoms with Gasteiger partial charge in [-0.05, 0) is 0 Å². The van der Waals surface area contributed by atoms with Gasteiger partial charge in [0, 0.05) is 13.0 Å². The van der Waals surface area contributed by atoms with Gasteiger partial charge in [0.05, 0.1) is 6.54 Å². The predicted molar refractivity (Wildman–Crippen MR) is 52.8 cm³/mol. The van der Waals surface area contributed by atoms with Gasteiger partial charge in [-0.2, -0.15) is 4.98 Å². The number of hydrogen-bond donors (Lipinski definition) is 4. The third kappa shape index (κ3) is 4.47. The lowest BCUT2D eigenvalue weighted by atomic mass is 10.2. The molecule has 0 aliphatic rings. The minimum absolute atomic E-state index is 0.0216. The molecule has 1 rings (SSSR count). The second-order valence-electron chi connectivity index (χ2n) is 3.08. The van der Waals surface area contributed by atoms with Gasteiger partial charge in [-0.1, -0.05) is 5.16 Å². The normalized spacial score (nSPS) is 11.8. The van der Waals surface area contributed by atoms with E-state index in [2.05, 4.69) is 25.3 Å². The van der Waals surface area contributed by atoms with Crippen LogP contribution in [-0.4, -0.2) is 45.0 Å². The van der Waals surface area contributed by atoms with Crippen molar-refractivity contribution in [2.24, 2.45) is 0 Å². The van der Waals surface area contributed by atoms with E-state index in [4.69, 9.17) is 10.2 Å². The highest BCUT2D eigenvalue weighted by Crippen LogP contribution is 1.92. The van der Waals surface area contributed by atoms with E-state index in [1.165, 1.54) is 0 Å². The van der Waals surface area contributed by atoms with Gasteiger partial charge in [-0.25, -0.2) is 9.59 Å². The zero-order valence-electron chi connectivity index (χ0n) is 8.79. The molecule has 1 atom stereocenters. The molecule has 17 heavy (non-hydrogen) atoms. The van der Waals surface area contributed by atoms with E-state index < -0.39 is 18.0 Å². The third-order valence-corrected chi connectivity index (χ3v) is 1.84. The Kier molecular flexibility index (Phi) is 4.88. The van der Waals surface area contributed by atoms with Crippen LogP contribution < -0.4 is 10.6 Å². The van der Waals surface area contributed by atoms with E-state index >= 15 is 0 Å². The SMILES string of the molecule is O=C(NCc1ncon1)N[C@@H](CCO)C(=O)O. The smallest absolute Gasteiger partial charge is 0.326 e. The van der Waals surface area contributed by atoms with Crippen molar-refractivity contribution < 1.29 is 24.3 Å². The highest BCUT2D eigenvalue weighted by atomic mass is 16.5. The van der Waals surface area contributed by atoms with Crippen LogP contribution >= 0.6 is 0 Å². The van der Waals surface area contributed by atoms with Crippen LogP contribution in [0.4, 0.5) is 4.79 Å². The third-order valence-electron chi connectivity index (χ3n) is 1.84. The molecule has 0 bridgehead atoms. The number of aliphatic hydroxyl groups excluding tert-OH is 1. The van der Waals surface area contributed by atoms with Gasteiger partial charge in [-0.15, -0.1) is 0 Å². The number of nitrogens with zero attached hydrogens (tertiary/aromatic N) is 2. The molecule has 0 saturated carbocycles. The Bertz CT molecular complexity index is 366. The Labute approximate surface area is 95.8 Å². The average Bonchev–Trinajstić information content (AvgIpc) is 2.78. The lowest BCUT2D eigenvalue weighted by molar-refractivity contribution is -0.139. The van der Waals surface area contributed by atoms with Crippen LogP contribution in [0.15, 0.2) is 10.9 Å². The van der Waals surface area contributed by atoms with E-state index in [0.717, 1.165) is 6.39 Å².